The van der Waals surface area contributed by atoms with E-state index in [4.69, 9.17) is 9.47 Å². The van der Waals surface area contributed by atoms with Crippen molar-refractivity contribution in [2.75, 3.05) is 6.54 Å². The molecule has 0 aromatic heterocycles. The Morgan fingerprint density at radius 1 is 1.08 bits per heavy atom. The predicted octanol–water partition coefficient (Wildman–Crippen LogP) is 3.14. The molecule has 1 rings (SSSR count). The lowest BCUT2D eigenvalue weighted by atomic mass is 9.96. The van der Waals surface area contributed by atoms with Crippen molar-refractivity contribution < 1.29 is 29.0 Å². The maximum Gasteiger partial charge on any atom is 0.410 e. The minimum atomic E-state index is -1.16. The second kappa shape index (κ2) is 8.60. The van der Waals surface area contributed by atoms with Gasteiger partial charge in [0.05, 0.1) is 0 Å². The average Bonchev–Trinajstić information content (AvgIpc) is 2.43. The van der Waals surface area contributed by atoms with Crippen molar-refractivity contribution in [3.63, 3.8) is 0 Å². The molecule has 1 unspecified atom stereocenters. The molecule has 2 amide bonds. The number of hydrogen-bond acceptors (Lipinski definition) is 5. The Labute approximate surface area is 155 Å². The normalized spacial score (nSPS) is 19.5. The van der Waals surface area contributed by atoms with Crippen LogP contribution in [0.5, 0.6) is 0 Å². The Hall–Kier alpha value is -1.99. The van der Waals surface area contributed by atoms with Crippen molar-refractivity contribution in [2.24, 2.45) is 0 Å². The molecule has 1 heterocycles. The number of aliphatic carboxylic acids is 1. The zero-order chi connectivity index (χ0) is 20.1. The van der Waals surface area contributed by atoms with Gasteiger partial charge in [0.1, 0.15) is 17.2 Å². The summed E-state index contributed by atoms with van der Waals surface area (Å²) in [5.74, 6) is -1.16. The summed E-state index contributed by atoms with van der Waals surface area (Å²) in [6, 6.07) is -1.45. The average molecular weight is 372 g/mol. The van der Waals surface area contributed by atoms with Crippen LogP contribution in [-0.4, -0.2) is 58.0 Å². The molecule has 2 N–H and O–H groups in total. The van der Waals surface area contributed by atoms with Gasteiger partial charge in [0.2, 0.25) is 0 Å². The van der Waals surface area contributed by atoms with Crippen LogP contribution >= 0.6 is 0 Å². The number of nitrogens with zero attached hydrogens (tertiary/aromatic N) is 1. The van der Waals surface area contributed by atoms with Gasteiger partial charge in [-0.05, 0) is 67.2 Å². The number of hydrogen-bond donors (Lipinski definition) is 2. The van der Waals surface area contributed by atoms with Crippen LogP contribution in [0.4, 0.5) is 9.59 Å². The number of likely N-dealkylation sites (tertiary alicyclic amines) is 1. The van der Waals surface area contributed by atoms with Crippen LogP contribution in [0.1, 0.15) is 67.2 Å². The van der Waals surface area contributed by atoms with Crippen molar-refractivity contribution >= 4 is 18.2 Å². The Kier molecular flexibility index (Phi) is 7.29. The molecule has 0 aliphatic carbocycles. The third-order valence-corrected chi connectivity index (χ3v) is 3.75. The SMILES string of the molecule is CC(C)(C)OC(=O)N[C@@H](CC1CCCCN1C(=O)OC(C)(C)C)C(=O)O. The first-order valence-electron chi connectivity index (χ1n) is 9.00. The molecule has 8 heteroatoms. The van der Waals surface area contributed by atoms with Gasteiger partial charge in [-0.1, -0.05) is 0 Å². The molecule has 0 bridgehead atoms. The molecule has 1 saturated heterocycles. The van der Waals surface area contributed by atoms with Crippen LogP contribution < -0.4 is 5.32 Å². The van der Waals surface area contributed by atoms with Gasteiger partial charge in [0, 0.05) is 12.6 Å². The first-order valence-corrected chi connectivity index (χ1v) is 9.00. The lowest BCUT2D eigenvalue weighted by molar-refractivity contribution is -0.140. The number of carbonyl (C=O) groups is 3. The number of alkyl carbamates (subject to hydrolysis) is 1. The highest BCUT2D eigenvalue weighted by Gasteiger charge is 2.34. The molecule has 1 aliphatic rings. The molecule has 1 aliphatic heterocycles. The number of rotatable bonds is 4. The van der Waals surface area contributed by atoms with E-state index in [2.05, 4.69) is 5.32 Å². The number of nitrogens with one attached hydrogen (secondary N) is 1. The van der Waals surface area contributed by atoms with E-state index in [1.54, 1.807) is 46.4 Å². The highest BCUT2D eigenvalue weighted by atomic mass is 16.6. The van der Waals surface area contributed by atoms with Crippen molar-refractivity contribution in [2.45, 2.75) is 90.5 Å². The maximum absolute atomic E-state index is 12.4. The molecule has 1 fully saturated rings. The lowest BCUT2D eigenvalue weighted by Crippen LogP contribution is -2.51. The van der Waals surface area contributed by atoms with Crippen LogP contribution in [0.3, 0.4) is 0 Å². The van der Waals surface area contributed by atoms with Crippen LogP contribution in [0, 0.1) is 0 Å². The Morgan fingerprint density at radius 2 is 1.65 bits per heavy atom. The number of piperidine rings is 1. The van der Waals surface area contributed by atoms with E-state index < -0.39 is 35.4 Å². The fourth-order valence-electron chi connectivity index (χ4n) is 2.75. The smallest absolute Gasteiger partial charge is 0.410 e. The van der Waals surface area contributed by atoms with Crippen LogP contribution in [0.2, 0.25) is 0 Å². The largest absolute Gasteiger partial charge is 0.480 e. The second-order valence-corrected chi connectivity index (χ2v) is 8.60. The maximum atomic E-state index is 12.4. The van der Waals surface area contributed by atoms with Gasteiger partial charge in [-0.25, -0.2) is 14.4 Å². The summed E-state index contributed by atoms with van der Waals surface area (Å²) >= 11 is 0. The van der Waals surface area contributed by atoms with Crippen LogP contribution in [-0.2, 0) is 14.3 Å². The first kappa shape index (κ1) is 22.1. The minimum absolute atomic E-state index is 0.105. The number of carboxylic acids is 1. The summed E-state index contributed by atoms with van der Waals surface area (Å²) in [5.41, 5.74) is -1.35. The molecule has 0 radical (unpaired) electrons. The number of amides is 2. The summed E-state index contributed by atoms with van der Waals surface area (Å²) in [4.78, 5) is 37.5. The molecule has 8 nitrogen and oxygen atoms in total. The number of carbonyl (C=O) groups excluding carboxylic acids is 2. The highest BCUT2D eigenvalue weighted by Crippen LogP contribution is 2.24. The van der Waals surface area contributed by atoms with Crippen molar-refractivity contribution in [1.29, 1.82) is 0 Å². The zero-order valence-electron chi connectivity index (χ0n) is 16.6. The third kappa shape index (κ3) is 7.93. The number of ether oxygens (including phenoxy) is 2. The summed E-state index contributed by atoms with van der Waals surface area (Å²) in [5, 5.41) is 11.8. The summed E-state index contributed by atoms with van der Waals surface area (Å²) in [6.07, 6.45) is 1.26. The van der Waals surface area contributed by atoms with Gasteiger partial charge in [0.15, 0.2) is 0 Å². The minimum Gasteiger partial charge on any atom is -0.480 e. The Morgan fingerprint density at radius 3 is 2.15 bits per heavy atom. The molecule has 26 heavy (non-hydrogen) atoms. The van der Waals surface area contributed by atoms with Gasteiger partial charge in [-0.15, -0.1) is 0 Å². The molecule has 0 aromatic rings. The van der Waals surface area contributed by atoms with E-state index in [9.17, 15) is 19.5 Å². The molecule has 0 saturated carbocycles. The molecule has 150 valence electrons. The van der Waals surface area contributed by atoms with Gasteiger partial charge in [-0.3, -0.25) is 0 Å². The number of carboxylic acid groups (broad SMARTS) is 1. The summed E-state index contributed by atoms with van der Waals surface area (Å²) in [6.45, 7) is 11.0. The molecule has 0 aromatic carbocycles. The van der Waals surface area contributed by atoms with Crippen LogP contribution in [0.15, 0.2) is 0 Å². The van der Waals surface area contributed by atoms with E-state index in [0.717, 1.165) is 12.8 Å². The Bertz CT molecular complexity index is 521. The van der Waals surface area contributed by atoms with Gasteiger partial charge < -0.3 is 24.8 Å². The van der Waals surface area contributed by atoms with Crippen LogP contribution in [0.25, 0.3) is 0 Å². The van der Waals surface area contributed by atoms with Crippen molar-refractivity contribution in [3.8, 4) is 0 Å². The molecular formula is C18H32N2O6. The Balaban J connectivity index is 2.79. The molecule has 0 spiro atoms. The molecule has 2 atom stereocenters. The van der Waals surface area contributed by atoms with Gasteiger partial charge in [0.25, 0.3) is 0 Å². The topological polar surface area (TPSA) is 105 Å². The van der Waals surface area contributed by atoms with Crippen molar-refractivity contribution in [1.82, 2.24) is 10.2 Å². The van der Waals surface area contributed by atoms with E-state index in [1.165, 1.54) is 0 Å². The van der Waals surface area contributed by atoms with E-state index in [-0.39, 0.29) is 12.5 Å². The van der Waals surface area contributed by atoms with E-state index in [1.807, 2.05) is 0 Å². The quantitative estimate of drug-likeness (QED) is 0.785. The fourth-order valence-corrected chi connectivity index (χ4v) is 2.75. The van der Waals surface area contributed by atoms with Gasteiger partial charge in [-0.2, -0.15) is 0 Å². The third-order valence-electron chi connectivity index (χ3n) is 3.75. The first-order chi connectivity index (χ1) is 11.8. The summed E-state index contributed by atoms with van der Waals surface area (Å²) < 4.78 is 10.6. The van der Waals surface area contributed by atoms with Gasteiger partial charge >= 0.3 is 18.2 Å². The van der Waals surface area contributed by atoms with Crippen molar-refractivity contribution in [3.05, 3.63) is 0 Å². The monoisotopic (exact) mass is 372 g/mol. The lowest BCUT2D eigenvalue weighted by Gasteiger charge is -2.37. The fraction of sp³-hybridized carbons (Fsp3) is 0.833. The standard InChI is InChI=1S/C18H32N2O6/c1-17(2,3)25-15(23)19-13(14(21)22)11-12-9-7-8-10-20(12)16(24)26-18(4,5)6/h12-13H,7-11H2,1-6H3,(H,19,23)(H,21,22)/t12?,13-/m0/s1. The second-order valence-electron chi connectivity index (χ2n) is 8.60. The molecular weight excluding hydrogens is 340 g/mol. The van der Waals surface area contributed by atoms with E-state index >= 15 is 0 Å². The summed E-state index contributed by atoms with van der Waals surface area (Å²) in [7, 11) is 0. The van der Waals surface area contributed by atoms with E-state index in [0.29, 0.717) is 13.0 Å². The predicted molar refractivity (Wildman–Crippen MR) is 96.0 cm³/mol. The zero-order valence-corrected chi connectivity index (χ0v) is 16.6. The highest BCUT2D eigenvalue weighted by molar-refractivity contribution is 5.80.